The molecule has 0 N–H and O–H groups in total. The average molecular weight is 389 g/mol. The molecule has 0 saturated carbocycles. The number of nitrogens with zero attached hydrogens (tertiary/aromatic N) is 1. The van der Waals surface area contributed by atoms with Crippen LogP contribution in [-0.2, 0) is 32.3 Å². The highest BCUT2D eigenvalue weighted by Gasteiger charge is 2.31. The van der Waals surface area contributed by atoms with E-state index in [4.69, 9.17) is 0 Å². The van der Waals surface area contributed by atoms with Crippen LogP contribution in [0.5, 0.6) is 0 Å². The van der Waals surface area contributed by atoms with Crippen LogP contribution in [0.3, 0.4) is 0 Å². The number of amides is 1. The molecule has 0 saturated heterocycles. The van der Waals surface area contributed by atoms with Crippen LogP contribution in [0.2, 0.25) is 0 Å². The molecule has 0 aliphatic heterocycles. The standard InChI is InChI=1S/C20H23NO5S/c1-21(14-16-9-11-17(12-10-16)20(23)26-2)19(22)18(27(3,24)25)13-15-7-5-4-6-8-15/h4-12,18H,13-14H2,1-3H3. The zero-order chi connectivity index (χ0) is 20.0. The third-order valence-electron chi connectivity index (χ3n) is 4.23. The van der Waals surface area contributed by atoms with Gasteiger partial charge in [-0.05, 0) is 29.7 Å². The molecule has 27 heavy (non-hydrogen) atoms. The number of carbonyl (C=O) groups excluding carboxylic acids is 2. The molecule has 0 heterocycles. The maximum absolute atomic E-state index is 12.8. The van der Waals surface area contributed by atoms with Crippen molar-refractivity contribution in [3.63, 3.8) is 0 Å². The number of hydrogen-bond acceptors (Lipinski definition) is 5. The van der Waals surface area contributed by atoms with E-state index >= 15 is 0 Å². The van der Waals surface area contributed by atoms with Gasteiger partial charge in [0.1, 0.15) is 5.25 Å². The Morgan fingerprint density at radius 1 is 1.00 bits per heavy atom. The summed E-state index contributed by atoms with van der Waals surface area (Å²) < 4.78 is 29.0. The summed E-state index contributed by atoms with van der Waals surface area (Å²) in [6.07, 6.45) is 1.21. The second kappa shape index (κ2) is 8.81. The zero-order valence-corrected chi connectivity index (χ0v) is 16.4. The van der Waals surface area contributed by atoms with E-state index in [2.05, 4.69) is 4.74 Å². The van der Waals surface area contributed by atoms with Crippen molar-refractivity contribution in [2.45, 2.75) is 18.2 Å². The molecule has 144 valence electrons. The first kappa shape index (κ1) is 20.6. The number of hydrogen-bond donors (Lipinski definition) is 0. The molecule has 2 rings (SSSR count). The lowest BCUT2D eigenvalue weighted by Gasteiger charge is -2.23. The number of esters is 1. The highest BCUT2D eigenvalue weighted by molar-refractivity contribution is 7.92. The third-order valence-corrected chi connectivity index (χ3v) is 5.63. The lowest BCUT2D eigenvalue weighted by molar-refractivity contribution is -0.129. The van der Waals surface area contributed by atoms with E-state index in [1.54, 1.807) is 43.4 Å². The highest BCUT2D eigenvalue weighted by Crippen LogP contribution is 2.15. The minimum Gasteiger partial charge on any atom is -0.465 e. The Kier molecular flexibility index (Phi) is 6.74. The molecule has 0 aliphatic rings. The number of methoxy groups -OCH3 is 1. The van der Waals surface area contributed by atoms with E-state index in [0.29, 0.717) is 5.56 Å². The monoisotopic (exact) mass is 389 g/mol. The fraction of sp³-hybridized carbons (Fsp3) is 0.300. The molecule has 0 bridgehead atoms. The molecule has 1 unspecified atom stereocenters. The van der Waals surface area contributed by atoms with Gasteiger partial charge in [-0.25, -0.2) is 13.2 Å². The van der Waals surface area contributed by atoms with Crippen LogP contribution in [0.15, 0.2) is 54.6 Å². The van der Waals surface area contributed by atoms with Crippen molar-refractivity contribution in [1.29, 1.82) is 0 Å². The SMILES string of the molecule is COC(=O)c1ccc(CN(C)C(=O)C(Cc2ccccc2)S(C)(=O)=O)cc1. The Labute approximate surface area is 159 Å². The molecule has 0 fully saturated rings. The van der Waals surface area contributed by atoms with Gasteiger partial charge in [0.25, 0.3) is 0 Å². The summed E-state index contributed by atoms with van der Waals surface area (Å²) in [5.41, 5.74) is 1.98. The summed E-state index contributed by atoms with van der Waals surface area (Å²) in [5.74, 6) is -0.899. The van der Waals surface area contributed by atoms with Gasteiger partial charge in [-0.3, -0.25) is 4.79 Å². The fourth-order valence-electron chi connectivity index (χ4n) is 2.71. The van der Waals surface area contributed by atoms with Gasteiger partial charge in [0.2, 0.25) is 5.91 Å². The maximum atomic E-state index is 12.8. The van der Waals surface area contributed by atoms with Crippen LogP contribution in [0.25, 0.3) is 0 Å². The predicted molar refractivity (Wildman–Crippen MR) is 103 cm³/mol. The van der Waals surface area contributed by atoms with E-state index < -0.39 is 27.0 Å². The predicted octanol–water partition coefficient (Wildman–Crippen LogP) is 2.09. The van der Waals surface area contributed by atoms with Crippen LogP contribution in [0.4, 0.5) is 0 Å². The molecule has 7 heteroatoms. The maximum Gasteiger partial charge on any atom is 0.337 e. The van der Waals surface area contributed by atoms with Crippen molar-refractivity contribution in [3.05, 3.63) is 71.3 Å². The average Bonchev–Trinajstić information content (AvgIpc) is 2.65. The highest BCUT2D eigenvalue weighted by atomic mass is 32.2. The van der Waals surface area contributed by atoms with Gasteiger partial charge >= 0.3 is 5.97 Å². The second-order valence-electron chi connectivity index (χ2n) is 6.39. The molecule has 0 radical (unpaired) electrons. The quantitative estimate of drug-likeness (QED) is 0.678. The van der Waals surface area contributed by atoms with E-state index in [9.17, 15) is 18.0 Å². The molecular weight excluding hydrogens is 366 g/mol. The fourth-order valence-corrected chi connectivity index (χ4v) is 3.75. The van der Waals surface area contributed by atoms with E-state index in [1.807, 2.05) is 18.2 Å². The van der Waals surface area contributed by atoms with Crippen molar-refractivity contribution in [3.8, 4) is 0 Å². The largest absolute Gasteiger partial charge is 0.465 e. The molecule has 1 amide bonds. The van der Waals surface area contributed by atoms with E-state index in [0.717, 1.165) is 17.4 Å². The van der Waals surface area contributed by atoms with Gasteiger partial charge < -0.3 is 9.64 Å². The van der Waals surface area contributed by atoms with Crippen LogP contribution in [0, 0.1) is 0 Å². The number of ether oxygens (including phenoxy) is 1. The molecule has 0 aliphatic carbocycles. The molecule has 1 atom stereocenters. The van der Waals surface area contributed by atoms with Gasteiger partial charge in [0.15, 0.2) is 9.84 Å². The summed E-state index contributed by atoms with van der Waals surface area (Å²) in [4.78, 5) is 25.7. The summed E-state index contributed by atoms with van der Waals surface area (Å²) in [6, 6.07) is 15.7. The minimum atomic E-state index is -3.57. The van der Waals surface area contributed by atoms with E-state index in [-0.39, 0.29) is 13.0 Å². The lowest BCUT2D eigenvalue weighted by atomic mass is 10.1. The second-order valence-corrected chi connectivity index (χ2v) is 8.62. The van der Waals surface area contributed by atoms with Crippen molar-refractivity contribution < 1.29 is 22.7 Å². The summed E-state index contributed by atoms with van der Waals surface area (Å²) in [7, 11) is -0.698. The molecule has 2 aromatic carbocycles. The topological polar surface area (TPSA) is 80.8 Å². The zero-order valence-electron chi connectivity index (χ0n) is 15.6. The Hall–Kier alpha value is -2.67. The lowest BCUT2D eigenvalue weighted by Crippen LogP contribution is -2.41. The van der Waals surface area contributed by atoms with Gasteiger partial charge in [0.05, 0.1) is 12.7 Å². The van der Waals surface area contributed by atoms with Crippen molar-refractivity contribution >= 4 is 21.7 Å². The van der Waals surface area contributed by atoms with Crippen LogP contribution >= 0.6 is 0 Å². The van der Waals surface area contributed by atoms with Crippen LogP contribution in [0.1, 0.15) is 21.5 Å². The molecular formula is C20H23NO5S. The first-order chi connectivity index (χ1) is 12.7. The minimum absolute atomic E-state index is 0.129. The Balaban J connectivity index is 2.13. The van der Waals surface area contributed by atoms with Gasteiger partial charge in [0, 0.05) is 19.8 Å². The smallest absolute Gasteiger partial charge is 0.337 e. The number of sulfone groups is 1. The Morgan fingerprint density at radius 3 is 2.11 bits per heavy atom. The van der Waals surface area contributed by atoms with Crippen LogP contribution < -0.4 is 0 Å². The van der Waals surface area contributed by atoms with Crippen molar-refractivity contribution in [2.24, 2.45) is 0 Å². The normalized spacial score (nSPS) is 12.3. The van der Waals surface area contributed by atoms with Crippen LogP contribution in [-0.4, -0.2) is 50.9 Å². The molecule has 0 spiro atoms. The number of carbonyl (C=O) groups is 2. The molecule has 6 nitrogen and oxygen atoms in total. The van der Waals surface area contributed by atoms with Gasteiger partial charge in [-0.15, -0.1) is 0 Å². The number of benzene rings is 2. The van der Waals surface area contributed by atoms with Crippen molar-refractivity contribution in [2.75, 3.05) is 20.4 Å². The first-order valence-electron chi connectivity index (χ1n) is 8.37. The van der Waals surface area contributed by atoms with Gasteiger partial charge in [-0.2, -0.15) is 0 Å². The third kappa shape index (κ3) is 5.65. The Bertz CT molecular complexity index is 892. The summed E-state index contributed by atoms with van der Waals surface area (Å²) >= 11 is 0. The first-order valence-corrected chi connectivity index (χ1v) is 10.3. The molecule has 2 aromatic rings. The summed E-state index contributed by atoms with van der Waals surface area (Å²) in [5, 5.41) is -1.14. The number of rotatable bonds is 7. The van der Waals surface area contributed by atoms with Crippen molar-refractivity contribution in [1.82, 2.24) is 4.90 Å². The summed E-state index contributed by atoms with van der Waals surface area (Å²) in [6.45, 7) is 0.237. The van der Waals surface area contributed by atoms with E-state index in [1.165, 1.54) is 12.0 Å². The van der Waals surface area contributed by atoms with Gasteiger partial charge in [-0.1, -0.05) is 42.5 Å². The Morgan fingerprint density at radius 2 is 1.59 bits per heavy atom. The molecule has 0 aromatic heterocycles.